The fourth-order valence-electron chi connectivity index (χ4n) is 2.40. The Morgan fingerprint density at radius 1 is 1.50 bits per heavy atom. The van der Waals surface area contributed by atoms with Gasteiger partial charge >= 0.3 is 0 Å². The molecule has 2 rings (SSSR count). The molecule has 0 bridgehead atoms. The zero-order valence-corrected chi connectivity index (χ0v) is 17.8. The van der Waals surface area contributed by atoms with Crippen LogP contribution in [0.2, 0.25) is 0 Å². The minimum Gasteiger partial charge on any atom is -0.357 e. The van der Waals surface area contributed by atoms with E-state index < -0.39 is 0 Å². The van der Waals surface area contributed by atoms with Crippen LogP contribution >= 0.6 is 47.1 Å². The summed E-state index contributed by atoms with van der Waals surface area (Å²) in [6.07, 6.45) is 2.87. The molecule has 1 N–H and O–H groups in total. The number of aromatic nitrogens is 1. The summed E-state index contributed by atoms with van der Waals surface area (Å²) in [5.41, 5.74) is 0. The van der Waals surface area contributed by atoms with Crippen molar-refractivity contribution in [3.63, 3.8) is 0 Å². The van der Waals surface area contributed by atoms with E-state index in [2.05, 4.69) is 54.7 Å². The predicted molar refractivity (Wildman–Crippen MR) is 110 cm³/mol. The van der Waals surface area contributed by atoms with Crippen molar-refractivity contribution in [3.05, 3.63) is 16.1 Å². The number of nitrogens with zero attached hydrogens (tertiary/aromatic N) is 3. The number of aliphatic imine (C=N–C) groups is 1. The number of nitrogens with one attached hydrogen (secondary N) is 1. The normalized spacial score (nSPS) is 18.0. The van der Waals surface area contributed by atoms with Crippen molar-refractivity contribution in [3.8, 4) is 0 Å². The summed E-state index contributed by atoms with van der Waals surface area (Å²) in [6.45, 7) is 12.7. The number of halogens is 1. The first-order valence-corrected chi connectivity index (χ1v) is 9.39. The molecule has 0 spiro atoms. The van der Waals surface area contributed by atoms with Gasteiger partial charge in [0.1, 0.15) is 0 Å². The maximum atomic E-state index is 4.80. The van der Waals surface area contributed by atoms with Crippen molar-refractivity contribution in [2.24, 2.45) is 4.99 Å². The second kappa shape index (κ2) is 9.32. The second-order valence-electron chi connectivity index (χ2n) is 5.88. The van der Waals surface area contributed by atoms with Gasteiger partial charge in [-0.3, -0.25) is 4.99 Å². The van der Waals surface area contributed by atoms with E-state index in [4.69, 9.17) is 4.99 Å². The third-order valence-corrected chi connectivity index (χ3v) is 5.59. The number of rotatable bonds is 4. The van der Waals surface area contributed by atoms with Gasteiger partial charge < -0.3 is 10.2 Å². The van der Waals surface area contributed by atoms with Crippen LogP contribution in [-0.4, -0.2) is 52.5 Å². The third-order valence-electron chi connectivity index (χ3n) is 3.32. The van der Waals surface area contributed by atoms with Crippen molar-refractivity contribution in [2.45, 2.75) is 38.9 Å². The minimum absolute atomic E-state index is 0. The molecule has 0 unspecified atom stereocenters. The molecule has 1 aromatic heterocycles. The van der Waals surface area contributed by atoms with E-state index in [0.29, 0.717) is 4.75 Å². The Morgan fingerprint density at radius 3 is 2.86 bits per heavy atom. The molecule has 0 atom stereocenters. The highest BCUT2D eigenvalue weighted by atomic mass is 127. The molecular formula is C15H27IN4S2. The molecule has 2 heterocycles. The summed E-state index contributed by atoms with van der Waals surface area (Å²) in [5.74, 6) is 2.22. The van der Waals surface area contributed by atoms with Crippen LogP contribution in [0.25, 0.3) is 0 Å². The van der Waals surface area contributed by atoms with E-state index in [9.17, 15) is 0 Å². The van der Waals surface area contributed by atoms with Gasteiger partial charge in [-0.25, -0.2) is 4.98 Å². The molecule has 1 fully saturated rings. The summed E-state index contributed by atoms with van der Waals surface area (Å²) < 4.78 is 0.306. The van der Waals surface area contributed by atoms with Crippen LogP contribution < -0.4 is 5.32 Å². The van der Waals surface area contributed by atoms with Crippen LogP contribution in [0.4, 0.5) is 0 Å². The zero-order valence-electron chi connectivity index (χ0n) is 13.9. The molecule has 1 saturated heterocycles. The molecule has 22 heavy (non-hydrogen) atoms. The topological polar surface area (TPSA) is 40.5 Å². The van der Waals surface area contributed by atoms with Gasteiger partial charge in [0.25, 0.3) is 0 Å². The zero-order chi connectivity index (χ0) is 15.3. The van der Waals surface area contributed by atoms with Gasteiger partial charge in [0.2, 0.25) is 0 Å². The largest absolute Gasteiger partial charge is 0.357 e. The summed E-state index contributed by atoms with van der Waals surface area (Å²) in [4.78, 5) is 12.9. The van der Waals surface area contributed by atoms with Gasteiger partial charge in [-0.05, 0) is 27.7 Å². The second-order valence-corrected chi connectivity index (χ2v) is 9.00. The molecule has 0 saturated carbocycles. The Hall–Kier alpha value is -0.0200. The highest BCUT2D eigenvalue weighted by Crippen LogP contribution is 2.29. The Morgan fingerprint density at radius 2 is 2.27 bits per heavy atom. The van der Waals surface area contributed by atoms with Gasteiger partial charge in [0.15, 0.2) is 5.96 Å². The van der Waals surface area contributed by atoms with E-state index in [-0.39, 0.29) is 24.0 Å². The van der Waals surface area contributed by atoms with Crippen molar-refractivity contribution in [1.82, 2.24) is 15.2 Å². The molecule has 0 radical (unpaired) electrons. The van der Waals surface area contributed by atoms with E-state index in [1.165, 1.54) is 15.6 Å². The molecular weight excluding hydrogens is 427 g/mol. The first-order chi connectivity index (χ1) is 10.00. The first kappa shape index (κ1) is 20.0. The lowest BCUT2D eigenvalue weighted by Gasteiger charge is -2.39. The maximum absolute atomic E-state index is 4.80. The summed E-state index contributed by atoms with van der Waals surface area (Å²) in [5, 5.41) is 4.61. The fourth-order valence-corrected chi connectivity index (χ4v) is 4.28. The number of guanidine groups is 1. The fraction of sp³-hybridized carbons (Fsp3) is 0.733. The van der Waals surface area contributed by atoms with Crippen LogP contribution in [0.3, 0.4) is 0 Å². The number of hydrogen-bond acceptors (Lipinski definition) is 4. The monoisotopic (exact) mass is 454 g/mol. The quantitative estimate of drug-likeness (QED) is 0.430. The molecule has 1 aliphatic rings. The van der Waals surface area contributed by atoms with Crippen molar-refractivity contribution in [2.75, 3.05) is 31.9 Å². The lowest BCUT2D eigenvalue weighted by atomic mass is 10.2. The average Bonchev–Trinajstić information content (AvgIpc) is 2.82. The van der Waals surface area contributed by atoms with Crippen molar-refractivity contribution >= 4 is 53.0 Å². The third kappa shape index (κ3) is 6.23. The average molecular weight is 454 g/mol. The number of hydrogen-bond donors (Lipinski definition) is 1. The van der Waals surface area contributed by atoms with Crippen molar-refractivity contribution in [1.29, 1.82) is 0 Å². The Balaban J connectivity index is 0.00000242. The lowest BCUT2D eigenvalue weighted by Crippen LogP contribution is -2.51. The Bertz CT molecular complexity index is 488. The SMILES string of the molecule is CCNC(=NCCc1ncc(C)s1)N1CCSC(C)(C)C1.I. The molecule has 1 aliphatic heterocycles. The summed E-state index contributed by atoms with van der Waals surface area (Å²) >= 11 is 3.82. The lowest BCUT2D eigenvalue weighted by molar-refractivity contribution is 0.376. The highest BCUT2D eigenvalue weighted by molar-refractivity contribution is 14.0. The summed E-state index contributed by atoms with van der Waals surface area (Å²) in [7, 11) is 0. The van der Waals surface area contributed by atoms with E-state index >= 15 is 0 Å². The van der Waals surface area contributed by atoms with Gasteiger partial charge in [0, 0.05) is 54.2 Å². The van der Waals surface area contributed by atoms with Crippen LogP contribution in [0.1, 0.15) is 30.7 Å². The standard InChI is InChI=1S/C15H26N4S2.HI/c1-5-16-14(19-8-9-20-15(3,4)11-19)17-7-6-13-18-10-12(2)21-13;/h10H,5-9,11H2,1-4H3,(H,16,17);1H. The Labute approximate surface area is 159 Å². The Kier molecular flexibility index (Phi) is 8.48. The number of aryl methyl sites for hydroxylation is 1. The smallest absolute Gasteiger partial charge is 0.193 e. The molecule has 4 nitrogen and oxygen atoms in total. The van der Waals surface area contributed by atoms with E-state index in [1.54, 1.807) is 11.3 Å². The highest BCUT2D eigenvalue weighted by Gasteiger charge is 2.28. The first-order valence-electron chi connectivity index (χ1n) is 7.59. The van der Waals surface area contributed by atoms with Gasteiger partial charge in [-0.2, -0.15) is 11.8 Å². The summed E-state index contributed by atoms with van der Waals surface area (Å²) in [6, 6.07) is 0. The van der Waals surface area contributed by atoms with Crippen LogP contribution in [0.5, 0.6) is 0 Å². The molecule has 126 valence electrons. The molecule has 7 heteroatoms. The van der Waals surface area contributed by atoms with Gasteiger partial charge in [-0.15, -0.1) is 35.3 Å². The number of thiazole rings is 1. The van der Waals surface area contributed by atoms with Crippen molar-refractivity contribution < 1.29 is 0 Å². The van der Waals surface area contributed by atoms with Crippen LogP contribution in [0.15, 0.2) is 11.2 Å². The predicted octanol–water partition coefficient (Wildman–Crippen LogP) is 3.40. The molecule has 0 amide bonds. The van der Waals surface area contributed by atoms with Gasteiger partial charge in [-0.1, -0.05) is 0 Å². The molecule has 1 aromatic rings. The van der Waals surface area contributed by atoms with E-state index in [1.807, 2.05) is 6.20 Å². The van der Waals surface area contributed by atoms with E-state index in [0.717, 1.165) is 38.6 Å². The maximum Gasteiger partial charge on any atom is 0.193 e. The molecule has 0 aromatic carbocycles. The van der Waals surface area contributed by atoms with Crippen LogP contribution in [0, 0.1) is 6.92 Å². The molecule has 0 aliphatic carbocycles. The minimum atomic E-state index is 0. The number of thioether (sulfide) groups is 1. The van der Waals surface area contributed by atoms with Gasteiger partial charge in [0.05, 0.1) is 5.01 Å². The van der Waals surface area contributed by atoms with Crippen LogP contribution in [-0.2, 0) is 6.42 Å².